The van der Waals surface area contributed by atoms with Gasteiger partial charge in [-0.3, -0.25) is 4.79 Å². The van der Waals surface area contributed by atoms with E-state index in [-0.39, 0.29) is 24.4 Å². The van der Waals surface area contributed by atoms with Crippen molar-refractivity contribution in [2.24, 2.45) is 5.92 Å². The molecule has 8 heteroatoms. The van der Waals surface area contributed by atoms with Gasteiger partial charge in [0.25, 0.3) is 10.0 Å². The average molecular weight is 423 g/mol. The minimum atomic E-state index is -3.51. The lowest BCUT2D eigenvalue weighted by atomic mass is 9.98. The van der Waals surface area contributed by atoms with E-state index in [0.717, 1.165) is 23.0 Å². The smallest absolute Gasteiger partial charge is 0.252 e. The Morgan fingerprint density at radius 2 is 2.13 bits per heavy atom. The Morgan fingerprint density at radius 3 is 2.70 bits per heavy atom. The summed E-state index contributed by atoms with van der Waals surface area (Å²) in [6, 6.07) is 3.51. The standard InChI is InChI=1S/C15H23BrN2O3S2/c1-3-12(4-2)17-15(19)11-6-5-9-18(10-11)23(20,21)14-8-7-13(16)22-14/h7-8,11-12H,3-6,9-10H2,1-2H3,(H,17,19). The summed E-state index contributed by atoms with van der Waals surface area (Å²) >= 11 is 4.50. The van der Waals surface area contributed by atoms with Crippen LogP contribution in [-0.4, -0.2) is 37.8 Å². The number of hydrogen-bond donors (Lipinski definition) is 1. The summed E-state index contributed by atoms with van der Waals surface area (Å²) in [5, 5.41) is 3.04. The molecule has 1 aliphatic heterocycles. The van der Waals surface area contributed by atoms with E-state index >= 15 is 0 Å². The van der Waals surface area contributed by atoms with Gasteiger partial charge in [-0.2, -0.15) is 4.31 Å². The Hall–Kier alpha value is -0.440. The topological polar surface area (TPSA) is 66.5 Å². The van der Waals surface area contributed by atoms with E-state index in [9.17, 15) is 13.2 Å². The summed E-state index contributed by atoms with van der Waals surface area (Å²) < 4.78 is 27.9. The van der Waals surface area contributed by atoms with Crippen LogP contribution in [-0.2, 0) is 14.8 Å². The van der Waals surface area contributed by atoms with Gasteiger partial charge >= 0.3 is 0 Å². The summed E-state index contributed by atoms with van der Waals surface area (Å²) in [6.07, 6.45) is 3.24. The van der Waals surface area contributed by atoms with Gasteiger partial charge in [0.15, 0.2) is 0 Å². The Morgan fingerprint density at radius 1 is 1.43 bits per heavy atom. The maximum absolute atomic E-state index is 12.7. The molecule has 1 atom stereocenters. The van der Waals surface area contributed by atoms with E-state index in [4.69, 9.17) is 0 Å². The molecule has 1 aliphatic rings. The van der Waals surface area contributed by atoms with Crippen molar-refractivity contribution in [3.63, 3.8) is 0 Å². The van der Waals surface area contributed by atoms with Gasteiger partial charge in [-0.05, 0) is 53.7 Å². The van der Waals surface area contributed by atoms with Crippen molar-refractivity contribution in [2.45, 2.75) is 49.8 Å². The zero-order valence-corrected chi connectivity index (χ0v) is 16.6. The number of rotatable bonds is 6. The van der Waals surface area contributed by atoms with Crippen molar-refractivity contribution in [3.8, 4) is 0 Å². The van der Waals surface area contributed by atoms with Crippen LogP contribution in [0.1, 0.15) is 39.5 Å². The summed E-state index contributed by atoms with van der Waals surface area (Å²) in [7, 11) is -3.51. The van der Waals surface area contributed by atoms with Gasteiger partial charge in [-0.1, -0.05) is 13.8 Å². The Kier molecular flexibility index (Phi) is 6.65. The van der Waals surface area contributed by atoms with E-state index in [0.29, 0.717) is 17.2 Å². The first-order valence-electron chi connectivity index (χ1n) is 7.94. The molecular weight excluding hydrogens is 400 g/mol. The average Bonchev–Trinajstić information content (AvgIpc) is 2.99. The molecule has 130 valence electrons. The highest BCUT2D eigenvalue weighted by Crippen LogP contribution is 2.30. The fourth-order valence-electron chi connectivity index (χ4n) is 2.75. The van der Waals surface area contributed by atoms with Gasteiger partial charge in [-0.25, -0.2) is 8.42 Å². The molecule has 0 aliphatic carbocycles. The van der Waals surface area contributed by atoms with Gasteiger partial charge in [-0.15, -0.1) is 11.3 Å². The van der Waals surface area contributed by atoms with E-state index in [1.54, 1.807) is 12.1 Å². The Labute approximate surface area is 150 Å². The maximum Gasteiger partial charge on any atom is 0.252 e. The summed E-state index contributed by atoms with van der Waals surface area (Å²) in [6.45, 7) is 4.83. The highest BCUT2D eigenvalue weighted by molar-refractivity contribution is 9.11. The lowest BCUT2D eigenvalue weighted by Gasteiger charge is -2.31. The van der Waals surface area contributed by atoms with Crippen molar-refractivity contribution in [2.75, 3.05) is 13.1 Å². The molecule has 0 saturated carbocycles. The van der Waals surface area contributed by atoms with Crippen LogP contribution in [0, 0.1) is 5.92 Å². The summed E-state index contributed by atoms with van der Waals surface area (Å²) in [4.78, 5) is 12.4. The molecule has 1 N–H and O–H groups in total. The van der Waals surface area contributed by atoms with Gasteiger partial charge in [0.05, 0.1) is 9.70 Å². The number of thiophene rings is 1. The van der Waals surface area contributed by atoms with Crippen LogP contribution < -0.4 is 5.32 Å². The third kappa shape index (κ3) is 4.55. The largest absolute Gasteiger partial charge is 0.353 e. The number of nitrogens with one attached hydrogen (secondary N) is 1. The monoisotopic (exact) mass is 422 g/mol. The number of hydrogen-bond acceptors (Lipinski definition) is 4. The van der Waals surface area contributed by atoms with E-state index in [1.165, 1.54) is 15.6 Å². The molecule has 0 radical (unpaired) electrons. The molecule has 0 spiro atoms. The van der Waals surface area contributed by atoms with Crippen LogP contribution >= 0.6 is 27.3 Å². The van der Waals surface area contributed by atoms with Crippen molar-refractivity contribution in [3.05, 3.63) is 15.9 Å². The van der Waals surface area contributed by atoms with Crippen LogP contribution in [0.15, 0.2) is 20.1 Å². The van der Waals surface area contributed by atoms with Crippen molar-refractivity contribution in [1.29, 1.82) is 0 Å². The normalized spacial score (nSPS) is 19.9. The zero-order valence-electron chi connectivity index (χ0n) is 13.4. The van der Waals surface area contributed by atoms with Gasteiger partial charge in [0, 0.05) is 19.1 Å². The molecule has 1 amide bonds. The lowest BCUT2D eigenvalue weighted by molar-refractivity contribution is -0.126. The third-order valence-corrected chi connectivity index (χ3v) is 8.19. The van der Waals surface area contributed by atoms with E-state index in [1.807, 2.05) is 13.8 Å². The molecular formula is C15H23BrN2O3S2. The second-order valence-corrected chi connectivity index (χ2v) is 10.4. The predicted octanol–water partition coefficient (Wildman–Crippen LogP) is 3.22. The minimum Gasteiger partial charge on any atom is -0.353 e. The summed E-state index contributed by atoms with van der Waals surface area (Å²) in [5.74, 6) is -0.284. The number of piperidine rings is 1. The highest BCUT2D eigenvalue weighted by Gasteiger charge is 2.34. The molecule has 1 fully saturated rings. The number of carbonyl (C=O) groups excluding carboxylic acids is 1. The molecule has 0 bridgehead atoms. The highest BCUT2D eigenvalue weighted by atomic mass is 79.9. The summed E-state index contributed by atoms with van der Waals surface area (Å²) in [5.41, 5.74) is 0. The first-order valence-corrected chi connectivity index (χ1v) is 11.0. The second-order valence-electron chi connectivity index (χ2n) is 5.78. The number of sulfonamides is 1. The Balaban J connectivity index is 2.07. The van der Waals surface area contributed by atoms with Crippen molar-refractivity contribution >= 4 is 43.2 Å². The van der Waals surface area contributed by atoms with Crippen LogP contribution in [0.3, 0.4) is 0 Å². The molecule has 2 rings (SSSR count). The molecule has 1 unspecified atom stereocenters. The van der Waals surface area contributed by atoms with E-state index < -0.39 is 10.0 Å². The fraction of sp³-hybridized carbons (Fsp3) is 0.667. The number of carbonyl (C=O) groups is 1. The maximum atomic E-state index is 12.7. The molecule has 5 nitrogen and oxygen atoms in total. The molecule has 0 aromatic carbocycles. The zero-order chi connectivity index (χ0) is 17.0. The van der Waals surface area contributed by atoms with Gasteiger partial charge in [0.2, 0.25) is 5.91 Å². The third-order valence-electron chi connectivity index (χ3n) is 4.23. The van der Waals surface area contributed by atoms with Crippen LogP contribution in [0.4, 0.5) is 0 Å². The number of halogens is 1. The van der Waals surface area contributed by atoms with Gasteiger partial charge < -0.3 is 5.32 Å². The predicted molar refractivity (Wildman–Crippen MR) is 96.0 cm³/mol. The molecule has 2 heterocycles. The van der Waals surface area contributed by atoms with Crippen molar-refractivity contribution < 1.29 is 13.2 Å². The molecule has 1 aromatic heterocycles. The van der Waals surface area contributed by atoms with Crippen molar-refractivity contribution in [1.82, 2.24) is 9.62 Å². The molecule has 1 saturated heterocycles. The molecule has 23 heavy (non-hydrogen) atoms. The quantitative estimate of drug-likeness (QED) is 0.764. The molecule has 1 aromatic rings. The fourth-order valence-corrected chi connectivity index (χ4v) is 6.44. The van der Waals surface area contributed by atoms with E-state index in [2.05, 4.69) is 21.2 Å². The minimum absolute atomic E-state index is 0.0223. The van der Waals surface area contributed by atoms with Crippen LogP contribution in [0.5, 0.6) is 0 Å². The van der Waals surface area contributed by atoms with Crippen LogP contribution in [0.2, 0.25) is 0 Å². The first kappa shape index (κ1) is 18.9. The Bertz CT molecular complexity index is 641. The second kappa shape index (κ2) is 8.09. The lowest BCUT2D eigenvalue weighted by Crippen LogP contribution is -2.47. The number of amides is 1. The van der Waals surface area contributed by atoms with Crippen LogP contribution in [0.25, 0.3) is 0 Å². The SMILES string of the molecule is CCC(CC)NC(=O)C1CCCN(S(=O)(=O)c2ccc(Br)s2)C1. The number of nitrogens with zero attached hydrogens (tertiary/aromatic N) is 1. The van der Waals surface area contributed by atoms with Gasteiger partial charge in [0.1, 0.15) is 4.21 Å². The first-order chi connectivity index (χ1) is 10.9.